The lowest BCUT2D eigenvalue weighted by Gasteiger charge is -2.37. The van der Waals surface area contributed by atoms with Gasteiger partial charge in [0.25, 0.3) is 0 Å². The number of nitrogens with zero attached hydrogens (tertiary/aromatic N) is 1. The van der Waals surface area contributed by atoms with Crippen molar-refractivity contribution in [2.75, 3.05) is 0 Å². The maximum Gasteiger partial charge on any atom is 0.0897 e. The van der Waals surface area contributed by atoms with Gasteiger partial charge >= 0.3 is 0 Å². The van der Waals surface area contributed by atoms with Crippen LogP contribution in [0.15, 0.2) is 66.9 Å². The third-order valence-electron chi connectivity index (χ3n) is 5.67. The molecule has 1 aliphatic rings. The Morgan fingerprint density at radius 3 is 2.68 bits per heavy atom. The van der Waals surface area contributed by atoms with Crippen LogP contribution >= 0.6 is 22.9 Å². The number of rotatable bonds is 4. The van der Waals surface area contributed by atoms with Gasteiger partial charge in [-0.3, -0.25) is 4.98 Å². The normalized spacial score (nSPS) is 15.5. The van der Waals surface area contributed by atoms with Crippen molar-refractivity contribution in [3.05, 3.63) is 87.9 Å². The van der Waals surface area contributed by atoms with E-state index in [1.807, 2.05) is 30.5 Å². The fourth-order valence-corrected chi connectivity index (χ4v) is 5.31. The SMILES string of the molecule is OC1(c2ccnc(-c3cccc4cc(Cc5ccccc5Cl)sc34)c2)CCC1. The molecule has 0 saturated heterocycles. The maximum absolute atomic E-state index is 10.7. The van der Waals surface area contributed by atoms with Gasteiger partial charge in [0.15, 0.2) is 0 Å². The van der Waals surface area contributed by atoms with E-state index in [1.165, 1.54) is 15.0 Å². The van der Waals surface area contributed by atoms with Crippen molar-refractivity contribution in [1.29, 1.82) is 0 Å². The second kappa shape index (κ2) is 7.00. The lowest BCUT2D eigenvalue weighted by Crippen LogP contribution is -2.33. The summed E-state index contributed by atoms with van der Waals surface area (Å²) in [7, 11) is 0. The molecular formula is C24H20ClNOS. The number of aliphatic hydroxyl groups is 1. The van der Waals surface area contributed by atoms with Crippen molar-refractivity contribution in [2.45, 2.75) is 31.3 Å². The van der Waals surface area contributed by atoms with E-state index < -0.39 is 5.60 Å². The summed E-state index contributed by atoms with van der Waals surface area (Å²) < 4.78 is 1.23. The molecule has 1 fully saturated rings. The van der Waals surface area contributed by atoms with E-state index in [1.54, 1.807) is 11.3 Å². The fraction of sp³-hybridized carbons (Fsp3) is 0.208. The zero-order valence-corrected chi connectivity index (χ0v) is 16.9. The predicted molar refractivity (Wildman–Crippen MR) is 117 cm³/mol. The zero-order chi connectivity index (χ0) is 19.1. The number of aromatic nitrogens is 1. The van der Waals surface area contributed by atoms with Gasteiger partial charge in [0.05, 0.1) is 11.3 Å². The lowest BCUT2D eigenvalue weighted by atomic mass is 9.75. The molecule has 0 unspecified atom stereocenters. The third-order valence-corrected chi connectivity index (χ3v) is 7.22. The molecule has 1 aliphatic carbocycles. The predicted octanol–water partition coefficient (Wildman–Crippen LogP) is 6.58. The van der Waals surface area contributed by atoms with Crippen molar-refractivity contribution in [2.24, 2.45) is 0 Å². The minimum atomic E-state index is -0.670. The van der Waals surface area contributed by atoms with Gasteiger partial charge in [0.2, 0.25) is 0 Å². The Labute approximate surface area is 173 Å². The highest BCUT2D eigenvalue weighted by molar-refractivity contribution is 7.19. The van der Waals surface area contributed by atoms with Crippen LogP contribution in [-0.2, 0) is 12.0 Å². The minimum absolute atomic E-state index is 0.670. The number of benzene rings is 2. The third kappa shape index (κ3) is 3.14. The van der Waals surface area contributed by atoms with Crippen LogP contribution in [0, 0.1) is 0 Å². The van der Waals surface area contributed by atoms with Gasteiger partial charge in [-0.25, -0.2) is 0 Å². The van der Waals surface area contributed by atoms with Crippen LogP contribution in [-0.4, -0.2) is 10.1 Å². The summed E-state index contributed by atoms with van der Waals surface area (Å²) in [6, 6.07) is 20.6. The van der Waals surface area contributed by atoms with Crippen molar-refractivity contribution >= 4 is 33.0 Å². The van der Waals surface area contributed by atoms with Gasteiger partial charge in [-0.15, -0.1) is 11.3 Å². The molecule has 2 heterocycles. The molecule has 0 bridgehead atoms. The van der Waals surface area contributed by atoms with E-state index in [9.17, 15) is 5.11 Å². The van der Waals surface area contributed by atoms with Gasteiger partial charge in [-0.2, -0.15) is 0 Å². The molecule has 4 aromatic rings. The van der Waals surface area contributed by atoms with Crippen LogP contribution in [0.5, 0.6) is 0 Å². The average molecular weight is 406 g/mol. The van der Waals surface area contributed by atoms with Crippen LogP contribution in [0.1, 0.15) is 35.3 Å². The molecule has 0 atom stereocenters. The largest absolute Gasteiger partial charge is 0.385 e. The van der Waals surface area contributed by atoms with Crippen molar-refractivity contribution in [1.82, 2.24) is 4.98 Å². The quantitative estimate of drug-likeness (QED) is 0.416. The highest BCUT2D eigenvalue weighted by Gasteiger charge is 2.36. The lowest BCUT2D eigenvalue weighted by molar-refractivity contribution is -0.0388. The highest BCUT2D eigenvalue weighted by atomic mass is 35.5. The van der Waals surface area contributed by atoms with Crippen molar-refractivity contribution < 1.29 is 5.11 Å². The zero-order valence-electron chi connectivity index (χ0n) is 15.4. The number of hydrogen-bond acceptors (Lipinski definition) is 3. The average Bonchev–Trinajstić information content (AvgIpc) is 3.10. The smallest absolute Gasteiger partial charge is 0.0897 e. The Morgan fingerprint density at radius 1 is 1.04 bits per heavy atom. The summed E-state index contributed by atoms with van der Waals surface area (Å²) in [5.74, 6) is 0. The van der Waals surface area contributed by atoms with E-state index in [-0.39, 0.29) is 0 Å². The molecule has 2 aromatic carbocycles. The number of fused-ring (bicyclic) bond motifs is 1. The number of pyridine rings is 1. The molecule has 2 nitrogen and oxygen atoms in total. The monoisotopic (exact) mass is 405 g/mol. The van der Waals surface area contributed by atoms with Crippen molar-refractivity contribution in [3.8, 4) is 11.3 Å². The first-order valence-corrected chi connectivity index (χ1v) is 10.8. The molecule has 1 saturated carbocycles. The van der Waals surface area contributed by atoms with Gasteiger partial charge < -0.3 is 5.11 Å². The number of thiophene rings is 1. The Bertz CT molecular complexity index is 1160. The van der Waals surface area contributed by atoms with E-state index >= 15 is 0 Å². The van der Waals surface area contributed by atoms with Crippen LogP contribution in [0.25, 0.3) is 21.3 Å². The van der Waals surface area contributed by atoms with Gasteiger partial charge in [-0.1, -0.05) is 48.0 Å². The number of hydrogen-bond donors (Lipinski definition) is 1. The molecule has 1 N–H and O–H groups in total. The Hall–Kier alpha value is -2.20. The minimum Gasteiger partial charge on any atom is -0.385 e. The molecule has 0 amide bonds. The summed E-state index contributed by atoms with van der Waals surface area (Å²) in [5, 5.41) is 12.8. The van der Waals surface area contributed by atoms with Crippen LogP contribution in [0.4, 0.5) is 0 Å². The Morgan fingerprint density at radius 2 is 1.89 bits per heavy atom. The highest BCUT2D eigenvalue weighted by Crippen LogP contribution is 2.42. The van der Waals surface area contributed by atoms with E-state index in [2.05, 4.69) is 41.4 Å². The van der Waals surface area contributed by atoms with Crippen molar-refractivity contribution in [3.63, 3.8) is 0 Å². The maximum atomic E-state index is 10.7. The summed E-state index contributed by atoms with van der Waals surface area (Å²) in [5.41, 5.74) is 3.50. The molecule has 5 rings (SSSR count). The van der Waals surface area contributed by atoms with Gasteiger partial charge in [-0.05, 0) is 60.0 Å². The molecule has 4 heteroatoms. The number of halogens is 1. The molecule has 140 valence electrons. The molecule has 0 radical (unpaired) electrons. The van der Waals surface area contributed by atoms with Crippen LogP contribution in [0.3, 0.4) is 0 Å². The standard InChI is InChI=1S/C24H20ClNOS/c25-21-8-2-1-5-16(21)13-19-14-17-6-3-7-20(23(17)28-19)22-15-18(9-12-26-22)24(27)10-4-11-24/h1-3,5-9,12,14-15,27H,4,10-11,13H2. The van der Waals surface area contributed by atoms with E-state index in [0.29, 0.717) is 0 Å². The van der Waals surface area contributed by atoms with E-state index in [0.717, 1.165) is 53.1 Å². The first kappa shape index (κ1) is 17.9. The summed E-state index contributed by atoms with van der Waals surface area (Å²) in [6.07, 6.45) is 5.40. The first-order chi connectivity index (χ1) is 13.6. The second-order valence-corrected chi connectivity index (χ2v) is 9.06. The first-order valence-electron chi connectivity index (χ1n) is 9.56. The van der Waals surface area contributed by atoms with Crippen LogP contribution in [0.2, 0.25) is 5.02 Å². The topological polar surface area (TPSA) is 33.1 Å². The molecule has 0 spiro atoms. The summed E-state index contributed by atoms with van der Waals surface area (Å²) in [4.78, 5) is 5.90. The molecule has 0 aliphatic heterocycles. The fourth-order valence-electron chi connectivity index (χ4n) is 3.90. The Balaban J connectivity index is 1.55. The Kier molecular flexibility index (Phi) is 4.47. The molecule has 2 aromatic heterocycles. The summed E-state index contributed by atoms with van der Waals surface area (Å²) >= 11 is 8.14. The van der Waals surface area contributed by atoms with Gasteiger partial charge in [0, 0.05) is 32.8 Å². The second-order valence-electron chi connectivity index (χ2n) is 7.52. The van der Waals surface area contributed by atoms with E-state index in [4.69, 9.17) is 11.6 Å². The summed E-state index contributed by atoms with van der Waals surface area (Å²) in [6.45, 7) is 0. The van der Waals surface area contributed by atoms with Gasteiger partial charge in [0.1, 0.15) is 0 Å². The molecule has 28 heavy (non-hydrogen) atoms. The van der Waals surface area contributed by atoms with Crippen LogP contribution < -0.4 is 0 Å². The molecular weight excluding hydrogens is 386 g/mol.